The molecule has 0 aromatic rings. The van der Waals surface area contributed by atoms with Crippen LogP contribution < -0.4 is 0 Å². The molecule has 0 radical (unpaired) electrons. The minimum absolute atomic E-state index is 0.116. The first kappa shape index (κ1) is 74.8. The Labute approximate surface area is 492 Å². The molecule has 0 fully saturated rings. The van der Waals surface area contributed by atoms with Crippen molar-refractivity contribution in [3.63, 3.8) is 0 Å². The largest absolute Gasteiger partial charge is 0.462 e. The molecule has 0 aliphatic carbocycles. The van der Waals surface area contributed by atoms with Crippen molar-refractivity contribution in [2.45, 2.75) is 264 Å². The summed E-state index contributed by atoms with van der Waals surface area (Å²) < 4.78 is 16.8. The molecule has 0 spiro atoms. The van der Waals surface area contributed by atoms with E-state index in [-0.39, 0.29) is 38.0 Å². The molecule has 6 heteroatoms. The van der Waals surface area contributed by atoms with Gasteiger partial charge in [0, 0.05) is 12.8 Å². The van der Waals surface area contributed by atoms with Crippen LogP contribution in [-0.4, -0.2) is 37.2 Å². The molecule has 0 aromatic carbocycles. The third-order valence-corrected chi connectivity index (χ3v) is 13.0. The maximum Gasteiger partial charge on any atom is 0.309 e. The number of hydrogen-bond acceptors (Lipinski definition) is 6. The van der Waals surface area contributed by atoms with Gasteiger partial charge in [-0.15, -0.1) is 0 Å². The van der Waals surface area contributed by atoms with Crippen LogP contribution in [-0.2, 0) is 28.6 Å². The molecule has 80 heavy (non-hydrogen) atoms. The molecule has 0 heterocycles. The van der Waals surface area contributed by atoms with Gasteiger partial charge in [0.15, 0.2) is 6.10 Å². The zero-order valence-electron chi connectivity index (χ0n) is 51.3. The Bertz CT molecular complexity index is 1840. The molecule has 0 saturated heterocycles. The molecular formula is C74H116O6. The summed E-state index contributed by atoms with van der Waals surface area (Å²) in [6, 6.07) is 0. The minimum Gasteiger partial charge on any atom is -0.462 e. The third-order valence-electron chi connectivity index (χ3n) is 13.0. The van der Waals surface area contributed by atoms with E-state index < -0.39 is 12.1 Å². The monoisotopic (exact) mass is 1100 g/mol. The van der Waals surface area contributed by atoms with Crippen molar-refractivity contribution in [1.82, 2.24) is 0 Å². The van der Waals surface area contributed by atoms with Gasteiger partial charge in [0.25, 0.3) is 0 Å². The van der Waals surface area contributed by atoms with Crippen LogP contribution in [0.15, 0.2) is 170 Å². The van der Waals surface area contributed by atoms with Gasteiger partial charge in [-0.3, -0.25) is 14.4 Å². The van der Waals surface area contributed by atoms with E-state index in [1.165, 1.54) is 70.6 Å². The fourth-order valence-corrected chi connectivity index (χ4v) is 8.23. The fourth-order valence-electron chi connectivity index (χ4n) is 8.23. The van der Waals surface area contributed by atoms with Crippen LogP contribution in [0, 0.1) is 0 Å². The number of rotatable bonds is 56. The van der Waals surface area contributed by atoms with Gasteiger partial charge in [-0.25, -0.2) is 0 Å². The zero-order chi connectivity index (χ0) is 57.8. The highest BCUT2D eigenvalue weighted by Crippen LogP contribution is 2.14. The molecule has 0 bridgehead atoms. The standard InChI is InChI=1S/C74H116O6/c1-4-7-10-13-16-19-22-25-28-30-31-32-33-34-35-36-37-38-39-40-41-42-43-44-47-49-52-55-58-61-64-67-73(76)79-70-71(69-78-72(75)66-63-60-57-54-51-48-45-27-24-21-18-15-12-9-6-3)80-74(77)68-65-62-59-56-53-50-46-29-26-23-20-17-14-11-8-5-2/h7,9-10,12,16,18-21,23,25,27-29,31-32,34-35,37-38,40-41,45-46,51,54,60,63,71H,4-6,8,11,13-15,17,22,24,26,30,33,36,39,42-44,47-50,52-53,55-59,61-62,64-70H2,1-3H3/b10-7-,12-9-,19-16-,21-18-,23-20-,28-25-,32-31-,35-34-,38-37-,41-40-,45-27-,46-29-,54-51-,63-60-. The summed E-state index contributed by atoms with van der Waals surface area (Å²) in [6.45, 7) is 6.28. The second-order valence-electron chi connectivity index (χ2n) is 20.6. The van der Waals surface area contributed by atoms with E-state index in [1.807, 2.05) is 6.08 Å². The number of hydrogen-bond donors (Lipinski definition) is 0. The van der Waals surface area contributed by atoms with Crippen molar-refractivity contribution in [3.05, 3.63) is 170 Å². The van der Waals surface area contributed by atoms with Gasteiger partial charge in [-0.1, -0.05) is 274 Å². The number of unbranched alkanes of at least 4 members (excludes halogenated alkanes) is 18. The molecule has 0 amide bonds. The lowest BCUT2D eigenvalue weighted by Gasteiger charge is -2.18. The van der Waals surface area contributed by atoms with E-state index in [0.717, 1.165) is 148 Å². The highest BCUT2D eigenvalue weighted by Gasteiger charge is 2.19. The van der Waals surface area contributed by atoms with Crippen LogP contribution in [0.4, 0.5) is 0 Å². The first-order valence-electron chi connectivity index (χ1n) is 32.1. The lowest BCUT2D eigenvalue weighted by molar-refractivity contribution is -0.166. The van der Waals surface area contributed by atoms with Crippen LogP contribution in [0.5, 0.6) is 0 Å². The van der Waals surface area contributed by atoms with Gasteiger partial charge >= 0.3 is 17.9 Å². The summed E-state index contributed by atoms with van der Waals surface area (Å²) >= 11 is 0. The Morgan fingerprint density at radius 2 is 0.537 bits per heavy atom. The highest BCUT2D eigenvalue weighted by molar-refractivity contribution is 5.72. The quantitative estimate of drug-likeness (QED) is 0.0261. The number of allylic oxidation sites excluding steroid dienone is 27. The molecule has 6 nitrogen and oxygen atoms in total. The van der Waals surface area contributed by atoms with E-state index >= 15 is 0 Å². The normalized spacial score (nSPS) is 13.3. The lowest BCUT2D eigenvalue weighted by Crippen LogP contribution is -2.30. The highest BCUT2D eigenvalue weighted by atomic mass is 16.6. The van der Waals surface area contributed by atoms with Crippen molar-refractivity contribution in [2.75, 3.05) is 13.2 Å². The summed E-state index contributed by atoms with van der Waals surface area (Å²) in [6.07, 6.45) is 98.1. The van der Waals surface area contributed by atoms with E-state index in [9.17, 15) is 14.4 Å². The van der Waals surface area contributed by atoms with Crippen molar-refractivity contribution in [3.8, 4) is 0 Å². The average molecular weight is 1100 g/mol. The van der Waals surface area contributed by atoms with E-state index in [4.69, 9.17) is 14.2 Å². The van der Waals surface area contributed by atoms with Gasteiger partial charge in [-0.05, 0) is 135 Å². The fraction of sp³-hybridized carbons (Fsp3) is 0.581. The van der Waals surface area contributed by atoms with Crippen LogP contribution in [0.25, 0.3) is 0 Å². The van der Waals surface area contributed by atoms with E-state index in [2.05, 4.69) is 179 Å². The first-order chi connectivity index (χ1) is 39.5. The van der Waals surface area contributed by atoms with Crippen LogP contribution in [0.3, 0.4) is 0 Å². The van der Waals surface area contributed by atoms with Crippen molar-refractivity contribution < 1.29 is 28.6 Å². The zero-order valence-corrected chi connectivity index (χ0v) is 51.3. The Kier molecular flexibility index (Phi) is 61.9. The average Bonchev–Trinajstić information content (AvgIpc) is 3.46. The summed E-state index contributed by atoms with van der Waals surface area (Å²) in [7, 11) is 0. The predicted molar refractivity (Wildman–Crippen MR) is 348 cm³/mol. The number of esters is 3. The molecule has 1 atom stereocenters. The lowest BCUT2D eigenvalue weighted by atomic mass is 10.1. The van der Waals surface area contributed by atoms with Gasteiger partial charge in [0.05, 0.1) is 6.42 Å². The Morgan fingerprint density at radius 1 is 0.275 bits per heavy atom. The van der Waals surface area contributed by atoms with Crippen molar-refractivity contribution >= 4 is 17.9 Å². The predicted octanol–water partition coefficient (Wildman–Crippen LogP) is 22.3. The second-order valence-corrected chi connectivity index (χ2v) is 20.6. The molecule has 1 unspecified atom stereocenters. The number of carbonyl (C=O) groups excluding carboxylic acids is 3. The van der Waals surface area contributed by atoms with E-state index in [0.29, 0.717) is 6.42 Å². The Morgan fingerprint density at radius 3 is 0.875 bits per heavy atom. The van der Waals surface area contributed by atoms with Gasteiger partial charge in [-0.2, -0.15) is 0 Å². The first-order valence-corrected chi connectivity index (χ1v) is 32.1. The van der Waals surface area contributed by atoms with Crippen molar-refractivity contribution in [2.24, 2.45) is 0 Å². The second kappa shape index (κ2) is 66.3. The molecule has 448 valence electrons. The summed E-state index contributed by atoms with van der Waals surface area (Å²) in [5, 5.41) is 0. The molecule has 0 aliphatic heterocycles. The van der Waals surface area contributed by atoms with Gasteiger partial charge in [0.2, 0.25) is 0 Å². The van der Waals surface area contributed by atoms with Crippen LogP contribution in [0.2, 0.25) is 0 Å². The van der Waals surface area contributed by atoms with Crippen LogP contribution in [0.1, 0.15) is 258 Å². The topological polar surface area (TPSA) is 78.9 Å². The van der Waals surface area contributed by atoms with Crippen molar-refractivity contribution in [1.29, 1.82) is 0 Å². The summed E-state index contributed by atoms with van der Waals surface area (Å²) in [4.78, 5) is 38.2. The summed E-state index contributed by atoms with van der Waals surface area (Å²) in [5.41, 5.74) is 0. The van der Waals surface area contributed by atoms with Gasteiger partial charge < -0.3 is 14.2 Å². The molecular weight excluding hydrogens is 985 g/mol. The SMILES string of the molecule is CC/C=C\C/C=C\C/C=C\C/C=C\C/C=C\C/C=C\C/C=C\CCCCCCCCCCCC(=O)OCC(COC(=O)C/C=C\C/C=C\C/C=C\C/C=C\C/C=C\CC)OC(=O)CCCCCCC/C=C\C/C=C\CCCCCC. The molecule has 0 saturated carbocycles. The maximum absolute atomic E-state index is 12.9. The molecule has 0 rings (SSSR count). The minimum atomic E-state index is -0.837. The maximum atomic E-state index is 12.9. The Hall–Kier alpha value is -5.23. The Balaban J connectivity index is 4.41. The van der Waals surface area contributed by atoms with E-state index in [1.54, 1.807) is 6.08 Å². The van der Waals surface area contributed by atoms with Gasteiger partial charge in [0.1, 0.15) is 13.2 Å². The third kappa shape index (κ3) is 63.6. The summed E-state index contributed by atoms with van der Waals surface area (Å²) in [5.74, 6) is -1.08. The smallest absolute Gasteiger partial charge is 0.309 e. The number of ether oxygens (including phenoxy) is 3. The molecule has 0 aliphatic rings. The number of carbonyl (C=O) groups is 3. The molecule has 0 N–H and O–H groups in total. The molecule has 0 aromatic heterocycles. The van der Waals surface area contributed by atoms with Crippen LogP contribution >= 0.6 is 0 Å².